The Morgan fingerprint density at radius 1 is 1.00 bits per heavy atom. The minimum Gasteiger partial charge on any atom is -0.351 e. The molecule has 1 fully saturated rings. The molecule has 1 heterocycles. The van der Waals surface area contributed by atoms with Gasteiger partial charge in [0.25, 0.3) is 0 Å². The summed E-state index contributed by atoms with van der Waals surface area (Å²) in [5.41, 5.74) is 0. The second kappa shape index (κ2) is 5.93. The van der Waals surface area contributed by atoms with Crippen molar-refractivity contribution in [1.82, 2.24) is 0 Å². The van der Waals surface area contributed by atoms with Crippen molar-refractivity contribution in [2.45, 2.75) is 40.1 Å². The van der Waals surface area contributed by atoms with E-state index in [9.17, 15) is 0 Å². The zero-order chi connectivity index (χ0) is 11.3. The average Bonchev–Trinajstić information content (AvgIpc) is 2.82. The lowest BCUT2D eigenvalue weighted by Crippen LogP contribution is -2.50. The molecular formula is C9H20O5Si. The van der Waals surface area contributed by atoms with Gasteiger partial charge in [-0.25, -0.2) is 0 Å². The molecule has 1 aliphatic rings. The molecule has 5 nitrogen and oxygen atoms in total. The molecule has 0 bridgehead atoms. The fourth-order valence-electron chi connectivity index (χ4n) is 1.19. The van der Waals surface area contributed by atoms with Crippen molar-refractivity contribution in [3.05, 3.63) is 0 Å². The molecule has 90 valence electrons. The maximum atomic E-state index is 5.63. The first kappa shape index (κ1) is 13.1. The van der Waals surface area contributed by atoms with E-state index in [1.54, 1.807) is 0 Å². The van der Waals surface area contributed by atoms with E-state index in [-0.39, 0.29) is 12.4 Å². The van der Waals surface area contributed by atoms with Crippen LogP contribution in [0.3, 0.4) is 0 Å². The van der Waals surface area contributed by atoms with Crippen LogP contribution in [0.15, 0.2) is 0 Å². The minimum atomic E-state index is -2.96. The predicted molar refractivity (Wildman–Crippen MR) is 56.1 cm³/mol. The van der Waals surface area contributed by atoms with Gasteiger partial charge in [0.15, 0.2) is 6.29 Å². The molecule has 0 aromatic heterocycles. The summed E-state index contributed by atoms with van der Waals surface area (Å²) in [6.45, 7) is 9.13. The van der Waals surface area contributed by atoms with Gasteiger partial charge in [0.2, 0.25) is 0 Å². The second-order valence-corrected chi connectivity index (χ2v) is 5.23. The quantitative estimate of drug-likeness (QED) is 0.469. The lowest BCUT2D eigenvalue weighted by Gasteiger charge is -2.25. The van der Waals surface area contributed by atoms with Gasteiger partial charge in [-0.15, -0.1) is 0 Å². The summed E-state index contributed by atoms with van der Waals surface area (Å²) < 4.78 is 27.3. The Hall–Kier alpha value is 0.0169. The van der Waals surface area contributed by atoms with Crippen molar-refractivity contribution < 1.29 is 22.4 Å². The molecule has 0 N–H and O–H groups in total. The predicted octanol–water partition coefficient (Wildman–Crippen LogP) is 1.29. The molecule has 0 saturated carbocycles. The molecule has 1 rings (SSSR count). The van der Waals surface area contributed by atoms with Gasteiger partial charge in [0.1, 0.15) is 6.10 Å². The van der Waals surface area contributed by atoms with Crippen LogP contribution in [0.25, 0.3) is 0 Å². The van der Waals surface area contributed by atoms with E-state index < -0.39 is 9.05 Å². The fraction of sp³-hybridized carbons (Fsp3) is 1.00. The summed E-state index contributed by atoms with van der Waals surface area (Å²) in [5, 5.41) is 0. The topological polar surface area (TPSA) is 49.5 Å². The number of hydrogen-bond donors (Lipinski definition) is 0. The Morgan fingerprint density at radius 2 is 1.40 bits per heavy atom. The zero-order valence-corrected chi connectivity index (χ0v) is 10.8. The van der Waals surface area contributed by atoms with Crippen molar-refractivity contribution in [3.63, 3.8) is 0 Å². The third-order valence-electron chi connectivity index (χ3n) is 1.88. The Labute approximate surface area is 92.1 Å². The highest BCUT2D eigenvalue weighted by Gasteiger charge is 2.52. The molecule has 2 atom stereocenters. The van der Waals surface area contributed by atoms with E-state index in [2.05, 4.69) is 0 Å². The molecule has 1 aliphatic heterocycles. The first-order chi connectivity index (χ1) is 7.17. The first-order valence-corrected chi connectivity index (χ1v) is 7.05. The van der Waals surface area contributed by atoms with Crippen LogP contribution in [0.2, 0.25) is 0 Å². The Morgan fingerprint density at radius 3 is 1.67 bits per heavy atom. The lowest BCUT2D eigenvalue weighted by atomic mass is 10.5. The van der Waals surface area contributed by atoms with Crippen LogP contribution in [0.4, 0.5) is 0 Å². The summed E-state index contributed by atoms with van der Waals surface area (Å²) >= 11 is 0. The summed E-state index contributed by atoms with van der Waals surface area (Å²) in [6, 6.07) is 0. The normalized spacial score (nSPS) is 25.6. The highest BCUT2D eigenvalue weighted by molar-refractivity contribution is 6.53. The van der Waals surface area contributed by atoms with Gasteiger partial charge in [0, 0.05) is 19.8 Å². The van der Waals surface area contributed by atoms with Crippen LogP contribution < -0.4 is 0 Å². The Balaban J connectivity index is 2.53. The maximum absolute atomic E-state index is 5.63. The van der Waals surface area contributed by atoms with Gasteiger partial charge < -0.3 is 22.4 Å². The van der Waals surface area contributed by atoms with Crippen LogP contribution in [-0.2, 0) is 22.4 Å². The second-order valence-electron chi connectivity index (χ2n) is 3.13. The van der Waals surface area contributed by atoms with Gasteiger partial charge >= 0.3 is 9.05 Å². The van der Waals surface area contributed by atoms with Crippen LogP contribution in [0, 0.1) is 0 Å². The van der Waals surface area contributed by atoms with Crippen molar-refractivity contribution >= 4 is 9.05 Å². The monoisotopic (exact) mass is 236 g/mol. The van der Waals surface area contributed by atoms with Gasteiger partial charge in [0.05, 0.1) is 0 Å². The highest BCUT2D eigenvalue weighted by atomic mass is 28.4. The van der Waals surface area contributed by atoms with E-state index in [0.717, 1.165) is 0 Å². The molecule has 0 amide bonds. The minimum absolute atomic E-state index is 0.109. The van der Waals surface area contributed by atoms with E-state index in [4.69, 9.17) is 22.4 Å². The van der Waals surface area contributed by atoms with Gasteiger partial charge in [-0.2, -0.15) is 0 Å². The number of epoxide rings is 1. The molecule has 0 spiro atoms. The van der Waals surface area contributed by atoms with E-state index in [1.165, 1.54) is 0 Å². The smallest absolute Gasteiger partial charge is 0.351 e. The van der Waals surface area contributed by atoms with E-state index >= 15 is 0 Å². The highest BCUT2D eigenvalue weighted by Crippen LogP contribution is 2.27. The lowest BCUT2D eigenvalue weighted by molar-refractivity contribution is -0.0490. The van der Waals surface area contributed by atoms with Crippen LogP contribution >= 0.6 is 0 Å². The summed E-state index contributed by atoms with van der Waals surface area (Å²) in [5.74, 6) is 0. The van der Waals surface area contributed by atoms with Crippen LogP contribution in [0.5, 0.6) is 0 Å². The number of rotatable bonds is 8. The molecule has 6 heteroatoms. The van der Waals surface area contributed by atoms with Gasteiger partial charge in [-0.1, -0.05) is 0 Å². The molecule has 0 aromatic rings. The van der Waals surface area contributed by atoms with Crippen LogP contribution in [0.1, 0.15) is 27.7 Å². The molecule has 1 saturated heterocycles. The fourth-order valence-corrected chi connectivity index (χ4v) is 3.24. The van der Waals surface area contributed by atoms with Crippen molar-refractivity contribution in [2.75, 3.05) is 19.8 Å². The molecule has 0 aliphatic carbocycles. The van der Waals surface area contributed by atoms with Crippen molar-refractivity contribution in [1.29, 1.82) is 0 Å². The number of hydrogen-bond acceptors (Lipinski definition) is 5. The average molecular weight is 236 g/mol. The first-order valence-electron chi connectivity index (χ1n) is 5.42. The summed E-state index contributed by atoms with van der Waals surface area (Å²) in [7, 11) is -2.96. The summed E-state index contributed by atoms with van der Waals surface area (Å²) in [6.07, 6.45) is -0.125. The largest absolute Gasteiger partial charge is 0.681 e. The van der Waals surface area contributed by atoms with E-state index in [0.29, 0.717) is 19.8 Å². The maximum Gasteiger partial charge on any atom is 0.681 e. The summed E-state index contributed by atoms with van der Waals surface area (Å²) in [4.78, 5) is 0. The third kappa shape index (κ3) is 3.82. The van der Waals surface area contributed by atoms with Crippen molar-refractivity contribution in [3.8, 4) is 0 Å². The van der Waals surface area contributed by atoms with Gasteiger partial charge in [-0.3, -0.25) is 0 Å². The van der Waals surface area contributed by atoms with Gasteiger partial charge in [-0.05, 0) is 27.7 Å². The molecular weight excluding hydrogens is 216 g/mol. The third-order valence-corrected chi connectivity index (χ3v) is 4.33. The molecule has 0 aromatic carbocycles. The van der Waals surface area contributed by atoms with Crippen molar-refractivity contribution in [2.24, 2.45) is 0 Å². The standard InChI is InChI=1S/C9H20O5Si/c1-5-10-15(11-6-2,12-7-3)14-9-8(4)13-9/h8-9H,5-7H2,1-4H3. The molecule has 15 heavy (non-hydrogen) atoms. The number of ether oxygens (including phenoxy) is 1. The SMILES string of the molecule is CCO[Si](OCC)(OCC)OC1OC1C. The van der Waals surface area contributed by atoms with E-state index in [1.807, 2.05) is 27.7 Å². The Kier molecular flexibility index (Phi) is 5.17. The zero-order valence-electron chi connectivity index (χ0n) is 9.82. The Bertz CT molecular complexity index is 172. The molecule has 0 radical (unpaired) electrons. The molecule has 2 unspecified atom stereocenters. The van der Waals surface area contributed by atoms with Crippen LogP contribution in [-0.4, -0.2) is 41.3 Å².